The summed E-state index contributed by atoms with van der Waals surface area (Å²) in [5, 5.41) is 0. The second-order valence-electron chi connectivity index (χ2n) is 9.88. The van der Waals surface area contributed by atoms with Crippen molar-refractivity contribution in [2.45, 2.75) is 77.0 Å². The average Bonchev–Trinajstić information content (AvgIpc) is 3.46. The molecule has 1 aromatic heterocycles. The summed E-state index contributed by atoms with van der Waals surface area (Å²) in [4.78, 5) is 8.17. The molecule has 2 aliphatic heterocycles. The van der Waals surface area contributed by atoms with Crippen molar-refractivity contribution in [3.05, 3.63) is 23.7 Å². The van der Waals surface area contributed by atoms with Crippen LogP contribution in [0.25, 0.3) is 0 Å². The number of hydrogen-bond donors (Lipinski definition) is 0. The standard InChI is InChI=1S/C25H43N3O2/c1-29-21-25-12-11-24(30-25)20-27(17-16-26-13-5-2-6-14-26)18-22-8-7-15-28(19-22)23-9-3-4-10-23/h11-12,22-23H,2-10,13-21H2,1H3. The highest BCUT2D eigenvalue weighted by Gasteiger charge is 2.29. The maximum Gasteiger partial charge on any atom is 0.129 e. The molecule has 1 aliphatic carbocycles. The summed E-state index contributed by atoms with van der Waals surface area (Å²) >= 11 is 0. The number of likely N-dealkylation sites (tertiary alicyclic amines) is 2. The topological polar surface area (TPSA) is 32.1 Å². The Hall–Kier alpha value is -0.880. The predicted molar refractivity (Wildman–Crippen MR) is 122 cm³/mol. The second kappa shape index (κ2) is 11.7. The SMILES string of the molecule is COCc1ccc(CN(CCN2CCCCC2)CC2CCCN(C3CCCC3)C2)o1. The van der Waals surface area contributed by atoms with Gasteiger partial charge in [-0.2, -0.15) is 0 Å². The zero-order valence-electron chi connectivity index (χ0n) is 19.2. The molecule has 1 saturated carbocycles. The van der Waals surface area contributed by atoms with Gasteiger partial charge in [-0.25, -0.2) is 0 Å². The number of methoxy groups -OCH3 is 1. The number of nitrogens with zero attached hydrogens (tertiary/aromatic N) is 3. The largest absolute Gasteiger partial charge is 0.462 e. The summed E-state index contributed by atoms with van der Waals surface area (Å²) in [6, 6.07) is 5.09. The molecule has 1 atom stereocenters. The lowest BCUT2D eigenvalue weighted by molar-refractivity contribution is 0.0879. The van der Waals surface area contributed by atoms with Crippen LogP contribution in [0.3, 0.4) is 0 Å². The molecule has 3 fully saturated rings. The molecule has 3 heterocycles. The van der Waals surface area contributed by atoms with Gasteiger partial charge in [0.1, 0.15) is 18.1 Å². The Balaban J connectivity index is 1.34. The highest BCUT2D eigenvalue weighted by molar-refractivity contribution is 5.06. The van der Waals surface area contributed by atoms with Gasteiger partial charge in [0, 0.05) is 39.3 Å². The van der Waals surface area contributed by atoms with E-state index in [2.05, 4.69) is 26.8 Å². The molecule has 0 radical (unpaired) electrons. The van der Waals surface area contributed by atoms with Gasteiger partial charge in [0.2, 0.25) is 0 Å². The van der Waals surface area contributed by atoms with Gasteiger partial charge in [0.05, 0.1) is 6.54 Å². The molecule has 0 bridgehead atoms. The third-order valence-corrected chi connectivity index (χ3v) is 7.47. The Morgan fingerprint density at radius 2 is 1.77 bits per heavy atom. The molecule has 0 N–H and O–H groups in total. The van der Waals surface area contributed by atoms with Crippen molar-refractivity contribution in [3.8, 4) is 0 Å². The fourth-order valence-corrected chi connectivity index (χ4v) is 5.86. The molecule has 1 aromatic rings. The lowest BCUT2D eigenvalue weighted by atomic mass is 9.95. The Kier molecular flexibility index (Phi) is 8.67. The smallest absolute Gasteiger partial charge is 0.129 e. The first kappa shape index (κ1) is 22.3. The summed E-state index contributed by atoms with van der Waals surface area (Å²) in [6.07, 6.45) is 12.7. The van der Waals surface area contributed by atoms with Crippen LogP contribution in [-0.4, -0.2) is 73.7 Å². The van der Waals surface area contributed by atoms with Gasteiger partial charge in [-0.1, -0.05) is 19.3 Å². The number of furan rings is 1. The van der Waals surface area contributed by atoms with Crippen LogP contribution in [0.2, 0.25) is 0 Å². The zero-order valence-corrected chi connectivity index (χ0v) is 19.2. The van der Waals surface area contributed by atoms with E-state index in [-0.39, 0.29) is 0 Å². The van der Waals surface area contributed by atoms with E-state index in [0.717, 1.165) is 36.6 Å². The number of hydrogen-bond acceptors (Lipinski definition) is 5. The van der Waals surface area contributed by atoms with Crippen LogP contribution in [0, 0.1) is 5.92 Å². The maximum absolute atomic E-state index is 6.05. The summed E-state index contributed by atoms with van der Waals surface area (Å²) in [5.41, 5.74) is 0. The molecule has 30 heavy (non-hydrogen) atoms. The molecule has 3 aliphatic rings. The van der Waals surface area contributed by atoms with E-state index in [4.69, 9.17) is 9.15 Å². The molecular formula is C25H43N3O2. The van der Waals surface area contributed by atoms with E-state index >= 15 is 0 Å². The molecule has 170 valence electrons. The molecule has 0 spiro atoms. The summed E-state index contributed by atoms with van der Waals surface area (Å²) in [6.45, 7) is 10.2. The van der Waals surface area contributed by atoms with Crippen molar-refractivity contribution in [1.29, 1.82) is 0 Å². The number of rotatable bonds is 10. The molecule has 4 rings (SSSR count). The van der Waals surface area contributed by atoms with Crippen LogP contribution in [0.15, 0.2) is 16.5 Å². The molecule has 5 nitrogen and oxygen atoms in total. The first-order valence-corrected chi connectivity index (χ1v) is 12.6. The summed E-state index contributed by atoms with van der Waals surface area (Å²) in [5.74, 6) is 2.83. The first-order valence-electron chi connectivity index (χ1n) is 12.6. The number of piperidine rings is 2. The molecule has 2 saturated heterocycles. The lowest BCUT2D eigenvalue weighted by Gasteiger charge is -2.39. The third kappa shape index (κ3) is 6.56. The van der Waals surface area contributed by atoms with E-state index in [1.165, 1.54) is 97.1 Å². The second-order valence-corrected chi connectivity index (χ2v) is 9.88. The lowest BCUT2D eigenvalue weighted by Crippen LogP contribution is -2.46. The van der Waals surface area contributed by atoms with Gasteiger partial charge in [-0.15, -0.1) is 0 Å². The Labute approximate surface area is 183 Å². The molecular weight excluding hydrogens is 374 g/mol. The van der Waals surface area contributed by atoms with Gasteiger partial charge >= 0.3 is 0 Å². The van der Waals surface area contributed by atoms with Gasteiger partial charge in [0.15, 0.2) is 0 Å². The molecule has 0 aromatic carbocycles. The summed E-state index contributed by atoms with van der Waals surface area (Å²) in [7, 11) is 1.73. The van der Waals surface area contributed by atoms with Crippen LogP contribution in [0.5, 0.6) is 0 Å². The first-order chi connectivity index (χ1) is 14.8. The zero-order chi connectivity index (χ0) is 20.6. The Bertz CT molecular complexity index is 607. The average molecular weight is 418 g/mol. The van der Waals surface area contributed by atoms with Crippen molar-refractivity contribution in [3.63, 3.8) is 0 Å². The van der Waals surface area contributed by atoms with E-state index < -0.39 is 0 Å². The summed E-state index contributed by atoms with van der Waals surface area (Å²) < 4.78 is 11.3. The predicted octanol–water partition coefficient (Wildman–Crippen LogP) is 4.37. The van der Waals surface area contributed by atoms with Crippen LogP contribution >= 0.6 is 0 Å². The van der Waals surface area contributed by atoms with Crippen LogP contribution in [0.4, 0.5) is 0 Å². The molecule has 0 amide bonds. The van der Waals surface area contributed by atoms with Crippen molar-refractivity contribution >= 4 is 0 Å². The van der Waals surface area contributed by atoms with Crippen LogP contribution in [0.1, 0.15) is 69.3 Å². The molecule has 5 heteroatoms. The quantitative estimate of drug-likeness (QED) is 0.564. The van der Waals surface area contributed by atoms with E-state index in [9.17, 15) is 0 Å². The van der Waals surface area contributed by atoms with Crippen LogP contribution in [-0.2, 0) is 17.9 Å². The maximum atomic E-state index is 6.05. The fraction of sp³-hybridized carbons (Fsp3) is 0.840. The van der Waals surface area contributed by atoms with Gasteiger partial charge in [-0.3, -0.25) is 4.90 Å². The third-order valence-electron chi connectivity index (χ3n) is 7.47. The fourth-order valence-electron chi connectivity index (χ4n) is 5.86. The minimum absolute atomic E-state index is 0.562. The highest BCUT2D eigenvalue weighted by Crippen LogP contribution is 2.28. The molecule has 1 unspecified atom stereocenters. The van der Waals surface area contributed by atoms with Gasteiger partial charge in [0.25, 0.3) is 0 Å². The van der Waals surface area contributed by atoms with Crippen molar-refractivity contribution in [2.24, 2.45) is 5.92 Å². The number of ether oxygens (including phenoxy) is 1. The van der Waals surface area contributed by atoms with Crippen molar-refractivity contribution < 1.29 is 9.15 Å². The van der Waals surface area contributed by atoms with Gasteiger partial charge < -0.3 is 19.0 Å². The normalized spacial score (nSPS) is 24.8. The minimum atomic E-state index is 0.562. The Morgan fingerprint density at radius 1 is 0.967 bits per heavy atom. The van der Waals surface area contributed by atoms with Crippen molar-refractivity contribution in [1.82, 2.24) is 14.7 Å². The van der Waals surface area contributed by atoms with E-state index in [1.54, 1.807) is 7.11 Å². The highest BCUT2D eigenvalue weighted by atomic mass is 16.5. The van der Waals surface area contributed by atoms with E-state index in [1.807, 2.05) is 0 Å². The van der Waals surface area contributed by atoms with Crippen LogP contribution < -0.4 is 0 Å². The Morgan fingerprint density at radius 3 is 2.57 bits per heavy atom. The monoisotopic (exact) mass is 417 g/mol. The van der Waals surface area contributed by atoms with Crippen molar-refractivity contribution in [2.75, 3.05) is 52.9 Å². The minimum Gasteiger partial charge on any atom is -0.462 e. The van der Waals surface area contributed by atoms with E-state index in [0.29, 0.717) is 6.61 Å². The van der Waals surface area contributed by atoms with Gasteiger partial charge in [-0.05, 0) is 76.2 Å².